The van der Waals surface area contributed by atoms with Crippen LogP contribution in [-0.2, 0) is 6.54 Å². The van der Waals surface area contributed by atoms with Gasteiger partial charge in [-0.05, 0) is 18.6 Å². The maximum Gasteiger partial charge on any atom is 0.254 e. The number of anilines is 1. The largest absolute Gasteiger partial charge is 0.496 e. The van der Waals surface area contributed by atoms with Gasteiger partial charge in [-0.25, -0.2) is 9.97 Å². The second kappa shape index (κ2) is 8.80. The van der Waals surface area contributed by atoms with Crippen molar-refractivity contribution in [2.45, 2.75) is 19.5 Å². The van der Waals surface area contributed by atoms with Crippen LogP contribution in [0.15, 0.2) is 67.0 Å². The number of aromatic nitrogens is 2. The summed E-state index contributed by atoms with van der Waals surface area (Å²) >= 11 is 0. The first-order valence-electron chi connectivity index (χ1n) is 8.71. The van der Waals surface area contributed by atoms with E-state index in [-0.39, 0.29) is 11.9 Å². The maximum atomic E-state index is 12.4. The van der Waals surface area contributed by atoms with Crippen LogP contribution in [0.3, 0.4) is 0 Å². The van der Waals surface area contributed by atoms with Crippen molar-refractivity contribution >= 4 is 11.9 Å². The lowest BCUT2D eigenvalue weighted by atomic mass is 10.1. The molecule has 1 atom stereocenters. The Morgan fingerprint density at radius 2 is 1.70 bits per heavy atom. The van der Waals surface area contributed by atoms with E-state index in [1.54, 1.807) is 7.11 Å². The van der Waals surface area contributed by atoms with Crippen LogP contribution in [0.5, 0.6) is 5.75 Å². The molecule has 6 heteroatoms. The minimum absolute atomic E-state index is 0.0953. The monoisotopic (exact) mass is 362 g/mol. The molecule has 0 aliphatic heterocycles. The summed E-state index contributed by atoms with van der Waals surface area (Å²) in [5.74, 6) is 1.05. The molecule has 138 valence electrons. The van der Waals surface area contributed by atoms with Gasteiger partial charge in [0.25, 0.3) is 5.91 Å². The molecule has 0 spiro atoms. The number of amides is 1. The molecule has 1 heterocycles. The third-order valence-corrected chi connectivity index (χ3v) is 4.19. The smallest absolute Gasteiger partial charge is 0.254 e. The highest BCUT2D eigenvalue weighted by Gasteiger charge is 2.12. The van der Waals surface area contributed by atoms with Crippen molar-refractivity contribution in [3.05, 3.63) is 83.7 Å². The van der Waals surface area contributed by atoms with Crippen molar-refractivity contribution < 1.29 is 9.53 Å². The molecular formula is C21H22N4O2. The zero-order chi connectivity index (χ0) is 19.1. The summed E-state index contributed by atoms with van der Waals surface area (Å²) < 4.78 is 5.32. The van der Waals surface area contributed by atoms with Gasteiger partial charge in [-0.3, -0.25) is 4.79 Å². The highest BCUT2D eigenvalue weighted by Crippen LogP contribution is 2.18. The van der Waals surface area contributed by atoms with Crippen LogP contribution in [-0.4, -0.2) is 23.0 Å². The number of carbonyl (C=O) groups excluding carboxylic acids is 1. The number of nitrogens with zero attached hydrogens (tertiary/aromatic N) is 2. The Morgan fingerprint density at radius 1 is 1.04 bits per heavy atom. The maximum absolute atomic E-state index is 12.4. The normalized spacial score (nSPS) is 11.5. The highest BCUT2D eigenvalue weighted by atomic mass is 16.5. The fourth-order valence-corrected chi connectivity index (χ4v) is 2.66. The van der Waals surface area contributed by atoms with Crippen LogP contribution in [0.4, 0.5) is 5.95 Å². The Morgan fingerprint density at radius 3 is 2.41 bits per heavy atom. The second-order valence-electron chi connectivity index (χ2n) is 6.07. The van der Waals surface area contributed by atoms with Gasteiger partial charge >= 0.3 is 0 Å². The van der Waals surface area contributed by atoms with Crippen LogP contribution in [0, 0.1) is 0 Å². The van der Waals surface area contributed by atoms with Crippen molar-refractivity contribution in [2.24, 2.45) is 0 Å². The van der Waals surface area contributed by atoms with Crippen molar-refractivity contribution in [1.82, 2.24) is 15.3 Å². The van der Waals surface area contributed by atoms with E-state index in [4.69, 9.17) is 4.74 Å². The number of nitrogens with one attached hydrogen (secondary N) is 2. The molecular weight excluding hydrogens is 340 g/mol. The Kier molecular flexibility index (Phi) is 5.99. The molecule has 0 aliphatic carbocycles. The van der Waals surface area contributed by atoms with Gasteiger partial charge in [-0.1, -0.05) is 48.5 Å². The summed E-state index contributed by atoms with van der Waals surface area (Å²) in [6.45, 7) is 2.47. The Labute approximate surface area is 158 Å². The van der Waals surface area contributed by atoms with Gasteiger partial charge in [-0.15, -0.1) is 0 Å². The molecule has 0 bridgehead atoms. The van der Waals surface area contributed by atoms with E-state index in [1.807, 2.05) is 61.5 Å². The standard InChI is InChI=1S/C21H22N4O2/c1-15(16-8-4-3-5-9-16)25-20(26)18-13-23-21(24-14-18)22-12-17-10-6-7-11-19(17)27-2/h3-11,13-15H,12H2,1-2H3,(H,25,26)(H,22,23,24). The molecule has 2 N–H and O–H groups in total. The molecule has 2 aromatic carbocycles. The third kappa shape index (κ3) is 4.82. The van der Waals surface area contributed by atoms with E-state index in [0.717, 1.165) is 16.9 Å². The minimum atomic E-state index is -0.206. The third-order valence-electron chi connectivity index (χ3n) is 4.19. The predicted molar refractivity (Wildman–Crippen MR) is 105 cm³/mol. The molecule has 1 aromatic heterocycles. The number of ether oxygens (including phenoxy) is 1. The van der Waals surface area contributed by atoms with Crippen molar-refractivity contribution in [1.29, 1.82) is 0 Å². The van der Waals surface area contributed by atoms with E-state index in [9.17, 15) is 4.79 Å². The Hall–Kier alpha value is -3.41. The number of rotatable bonds is 7. The lowest BCUT2D eigenvalue weighted by Crippen LogP contribution is -2.26. The zero-order valence-electron chi connectivity index (χ0n) is 15.3. The molecule has 0 saturated carbocycles. The first-order valence-corrected chi connectivity index (χ1v) is 8.71. The van der Waals surface area contributed by atoms with Crippen molar-refractivity contribution in [3.8, 4) is 5.75 Å². The van der Waals surface area contributed by atoms with E-state index in [2.05, 4.69) is 20.6 Å². The van der Waals surface area contributed by atoms with Crippen LogP contribution in [0.2, 0.25) is 0 Å². The molecule has 1 unspecified atom stereocenters. The summed E-state index contributed by atoms with van der Waals surface area (Å²) in [4.78, 5) is 20.8. The summed E-state index contributed by atoms with van der Waals surface area (Å²) in [5.41, 5.74) is 2.46. The number of benzene rings is 2. The summed E-state index contributed by atoms with van der Waals surface area (Å²) in [6.07, 6.45) is 3.04. The molecule has 0 fully saturated rings. The van der Waals surface area contributed by atoms with E-state index in [1.165, 1.54) is 12.4 Å². The Bertz CT molecular complexity index is 882. The SMILES string of the molecule is COc1ccccc1CNc1ncc(C(=O)NC(C)c2ccccc2)cn1. The van der Waals surface area contributed by atoms with Crippen LogP contribution < -0.4 is 15.4 Å². The van der Waals surface area contributed by atoms with Gasteiger partial charge < -0.3 is 15.4 Å². The van der Waals surface area contributed by atoms with E-state index >= 15 is 0 Å². The average molecular weight is 362 g/mol. The first-order chi connectivity index (χ1) is 13.2. The van der Waals surface area contributed by atoms with Gasteiger partial charge in [0.1, 0.15) is 5.75 Å². The van der Waals surface area contributed by atoms with Gasteiger partial charge in [0.05, 0.1) is 18.7 Å². The summed E-state index contributed by atoms with van der Waals surface area (Å²) in [7, 11) is 1.64. The minimum Gasteiger partial charge on any atom is -0.496 e. The van der Waals surface area contributed by atoms with E-state index in [0.29, 0.717) is 18.1 Å². The number of hydrogen-bond donors (Lipinski definition) is 2. The lowest BCUT2D eigenvalue weighted by Gasteiger charge is -2.14. The highest BCUT2D eigenvalue weighted by molar-refractivity contribution is 5.93. The molecule has 3 rings (SSSR count). The number of hydrogen-bond acceptors (Lipinski definition) is 5. The number of para-hydroxylation sites is 1. The number of methoxy groups -OCH3 is 1. The lowest BCUT2D eigenvalue weighted by molar-refractivity contribution is 0.0939. The topological polar surface area (TPSA) is 76.1 Å². The first kappa shape index (κ1) is 18.4. The molecule has 0 radical (unpaired) electrons. The van der Waals surface area contributed by atoms with E-state index < -0.39 is 0 Å². The summed E-state index contributed by atoms with van der Waals surface area (Å²) in [5, 5.41) is 6.08. The van der Waals surface area contributed by atoms with Crippen LogP contribution >= 0.6 is 0 Å². The zero-order valence-corrected chi connectivity index (χ0v) is 15.3. The second-order valence-corrected chi connectivity index (χ2v) is 6.07. The van der Waals surface area contributed by atoms with Crippen molar-refractivity contribution in [2.75, 3.05) is 12.4 Å². The molecule has 3 aromatic rings. The predicted octanol–water partition coefficient (Wildman–Crippen LogP) is 3.59. The fraction of sp³-hybridized carbons (Fsp3) is 0.190. The van der Waals surface area contributed by atoms with Gasteiger partial charge in [0.2, 0.25) is 5.95 Å². The number of carbonyl (C=O) groups is 1. The van der Waals surface area contributed by atoms with Gasteiger partial charge in [0.15, 0.2) is 0 Å². The molecule has 0 saturated heterocycles. The van der Waals surface area contributed by atoms with Crippen LogP contribution in [0.1, 0.15) is 34.5 Å². The molecule has 0 aliphatic rings. The van der Waals surface area contributed by atoms with Gasteiger partial charge in [-0.2, -0.15) is 0 Å². The molecule has 1 amide bonds. The van der Waals surface area contributed by atoms with Gasteiger partial charge in [0, 0.05) is 24.5 Å². The average Bonchev–Trinajstić information content (AvgIpc) is 2.73. The summed E-state index contributed by atoms with van der Waals surface area (Å²) in [6, 6.07) is 17.4. The molecule has 6 nitrogen and oxygen atoms in total. The van der Waals surface area contributed by atoms with Crippen molar-refractivity contribution in [3.63, 3.8) is 0 Å². The quantitative estimate of drug-likeness (QED) is 0.672. The molecule has 27 heavy (non-hydrogen) atoms. The Balaban J connectivity index is 1.59. The fourth-order valence-electron chi connectivity index (χ4n) is 2.66. The van der Waals surface area contributed by atoms with Crippen LogP contribution in [0.25, 0.3) is 0 Å².